The molecule has 2 aliphatic rings. The van der Waals surface area contributed by atoms with Gasteiger partial charge in [-0.2, -0.15) is 0 Å². The van der Waals surface area contributed by atoms with Crippen LogP contribution in [-0.2, 0) is 4.79 Å². The van der Waals surface area contributed by atoms with Gasteiger partial charge in [0.2, 0.25) is 5.91 Å². The van der Waals surface area contributed by atoms with Crippen molar-refractivity contribution in [3.63, 3.8) is 0 Å². The summed E-state index contributed by atoms with van der Waals surface area (Å²) in [6.45, 7) is 8.45. The Hall–Kier alpha value is -0.610. The van der Waals surface area contributed by atoms with Crippen molar-refractivity contribution in [3.8, 4) is 0 Å². The molecule has 2 fully saturated rings. The van der Waals surface area contributed by atoms with E-state index < -0.39 is 0 Å². The van der Waals surface area contributed by atoms with Crippen LogP contribution < -0.4 is 11.1 Å². The van der Waals surface area contributed by atoms with Crippen LogP contribution >= 0.6 is 0 Å². The van der Waals surface area contributed by atoms with Crippen LogP contribution in [0.2, 0.25) is 0 Å². The second kappa shape index (κ2) is 4.58. The van der Waals surface area contributed by atoms with Crippen molar-refractivity contribution in [3.05, 3.63) is 0 Å². The molecule has 0 aromatic heterocycles. The summed E-state index contributed by atoms with van der Waals surface area (Å²) in [5.41, 5.74) is 5.74. The van der Waals surface area contributed by atoms with Crippen LogP contribution in [-0.4, -0.2) is 42.5 Å². The van der Waals surface area contributed by atoms with Gasteiger partial charge in [0.25, 0.3) is 0 Å². The highest BCUT2D eigenvalue weighted by atomic mass is 16.1. The Kier molecular flexibility index (Phi) is 3.46. The van der Waals surface area contributed by atoms with Crippen molar-refractivity contribution >= 4 is 5.91 Å². The molecule has 0 aliphatic carbocycles. The molecule has 0 spiro atoms. The lowest BCUT2D eigenvalue weighted by molar-refractivity contribution is -0.134. The fourth-order valence-corrected chi connectivity index (χ4v) is 3.10. The molecular weight excluding hydrogens is 214 g/mol. The van der Waals surface area contributed by atoms with Gasteiger partial charge >= 0.3 is 0 Å². The van der Waals surface area contributed by atoms with Gasteiger partial charge in [0.05, 0.1) is 0 Å². The maximum atomic E-state index is 11.9. The fourth-order valence-electron chi connectivity index (χ4n) is 3.10. The third-order valence-corrected chi connectivity index (χ3v) is 4.61. The third kappa shape index (κ3) is 2.47. The zero-order chi connectivity index (χ0) is 12.5. The van der Waals surface area contributed by atoms with Crippen LogP contribution in [0, 0.1) is 5.41 Å². The molecule has 0 unspecified atom stereocenters. The van der Waals surface area contributed by atoms with Gasteiger partial charge in [-0.1, -0.05) is 13.8 Å². The first-order valence-corrected chi connectivity index (χ1v) is 6.72. The first kappa shape index (κ1) is 12.8. The van der Waals surface area contributed by atoms with Crippen LogP contribution in [0.25, 0.3) is 0 Å². The number of hydrogen-bond donors (Lipinski definition) is 2. The average Bonchev–Trinajstić information content (AvgIpc) is 2.29. The smallest absolute Gasteiger partial charge is 0.238 e. The molecule has 2 aliphatic heterocycles. The average molecular weight is 239 g/mol. The van der Waals surface area contributed by atoms with Crippen LogP contribution in [0.15, 0.2) is 0 Å². The van der Waals surface area contributed by atoms with E-state index in [1.807, 2.05) is 0 Å². The van der Waals surface area contributed by atoms with E-state index in [9.17, 15) is 4.79 Å². The Balaban J connectivity index is 2.10. The minimum Gasteiger partial charge on any atom is -0.368 e. The maximum absolute atomic E-state index is 11.9. The second-order valence-electron chi connectivity index (χ2n) is 6.30. The number of nitrogens with one attached hydrogen (secondary N) is 1. The van der Waals surface area contributed by atoms with E-state index in [0.29, 0.717) is 5.41 Å². The van der Waals surface area contributed by atoms with Gasteiger partial charge in [-0.15, -0.1) is 0 Å². The molecule has 0 aromatic carbocycles. The summed E-state index contributed by atoms with van der Waals surface area (Å²) in [6.07, 6.45) is 4.05. The quantitative estimate of drug-likeness (QED) is 0.746. The molecule has 98 valence electrons. The molecule has 2 saturated heterocycles. The monoisotopic (exact) mass is 239 g/mol. The van der Waals surface area contributed by atoms with Gasteiger partial charge in [-0.25, -0.2) is 0 Å². The number of nitrogens with zero attached hydrogens (tertiary/aromatic N) is 1. The highest BCUT2D eigenvalue weighted by molar-refractivity contribution is 5.84. The Labute approximate surface area is 104 Å². The molecule has 0 atom stereocenters. The topological polar surface area (TPSA) is 58.4 Å². The van der Waals surface area contributed by atoms with Crippen LogP contribution in [0.4, 0.5) is 0 Å². The molecule has 1 amide bonds. The Bertz CT molecular complexity index is 285. The van der Waals surface area contributed by atoms with E-state index in [-0.39, 0.29) is 11.4 Å². The van der Waals surface area contributed by atoms with Gasteiger partial charge in [0.1, 0.15) is 5.54 Å². The molecule has 2 heterocycles. The number of carbonyl (C=O) groups is 1. The van der Waals surface area contributed by atoms with Gasteiger partial charge in [0.15, 0.2) is 0 Å². The lowest BCUT2D eigenvalue weighted by atomic mass is 9.78. The summed E-state index contributed by atoms with van der Waals surface area (Å²) in [4.78, 5) is 14.2. The Morgan fingerprint density at radius 2 is 1.65 bits per heavy atom. The van der Waals surface area contributed by atoms with Crippen molar-refractivity contribution in [1.29, 1.82) is 0 Å². The predicted molar refractivity (Wildman–Crippen MR) is 68.6 cm³/mol. The highest BCUT2D eigenvalue weighted by Gasteiger charge is 2.45. The first-order chi connectivity index (χ1) is 7.96. The minimum absolute atomic E-state index is 0.126. The number of carbonyl (C=O) groups excluding carboxylic acids is 1. The number of hydrogen-bond acceptors (Lipinski definition) is 3. The molecule has 0 aromatic rings. The van der Waals surface area contributed by atoms with E-state index in [4.69, 9.17) is 5.73 Å². The Morgan fingerprint density at radius 3 is 2.12 bits per heavy atom. The summed E-state index contributed by atoms with van der Waals surface area (Å²) in [6, 6.07) is 0. The molecule has 4 nitrogen and oxygen atoms in total. The predicted octanol–water partition coefficient (Wildman–Crippen LogP) is 0.716. The van der Waals surface area contributed by atoms with Crippen LogP contribution in [0.1, 0.15) is 39.5 Å². The minimum atomic E-state index is -0.373. The summed E-state index contributed by atoms with van der Waals surface area (Å²) < 4.78 is 0. The summed E-state index contributed by atoms with van der Waals surface area (Å²) in [7, 11) is 0. The zero-order valence-electron chi connectivity index (χ0n) is 11.1. The van der Waals surface area contributed by atoms with Crippen LogP contribution in [0.5, 0.6) is 0 Å². The second-order valence-corrected chi connectivity index (χ2v) is 6.30. The standard InChI is InChI=1S/C13H25N3O/c1-12(2)5-9-16(10-6-12)13(11(14)17)3-7-15-8-4-13/h15H,3-10H2,1-2H3,(H2,14,17). The summed E-state index contributed by atoms with van der Waals surface area (Å²) in [5.74, 6) is -0.126. The summed E-state index contributed by atoms with van der Waals surface area (Å²) >= 11 is 0. The van der Waals surface area contributed by atoms with E-state index >= 15 is 0 Å². The van der Waals surface area contributed by atoms with Gasteiger partial charge < -0.3 is 11.1 Å². The zero-order valence-corrected chi connectivity index (χ0v) is 11.1. The lowest BCUT2D eigenvalue weighted by Gasteiger charge is -2.48. The van der Waals surface area contributed by atoms with E-state index in [0.717, 1.165) is 51.9 Å². The highest BCUT2D eigenvalue weighted by Crippen LogP contribution is 2.35. The number of nitrogens with two attached hydrogens (primary N) is 1. The number of rotatable bonds is 2. The van der Waals surface area contributed by atoms with Crippen molar-refractivity contribution in [1.82, 2.24) is 10.2 Å². The van der Waals surface area contributed by atoms with Gasteiger partial charge in [0, 0.05) is 0 Å². The molecular formula is C13H25N3O. The third-order valence-electron chi connectivity index (χ3n) is 4.61. The molecule has 0 radical (unpaired) electrons. The first-order valence-electron chi connectivity index (χ1n) is 6.72. The molecule has 2 rings (SSSR count). The maximum Gasteiger partial charge on any atom is 0.238 e. The van der Waals surface area contributed by atoms with Crippen LogP contribution in [0.3, 0.4) is 0 Å². The largest absolute Gasteiger partial charge is 0.368 e. The number of primary amides is 1. The van der Waals surface area contributed by atoms with E-state index in [2.05, 4.69) is 24.1 Å². The molecule has 17 heavy (non-hydrogen) atoms. The Morgan fingerprint density at radius 1 is 1.12 bits per heavy atom. The molecule has 3 N–H and O–H groups in total. The van der Waals surface area contributed by atoms with E-state index in [1.165, 1.54) is 0 Å². The van der Waals surface area contributed by atoms with Crippen molar-refractivity contribution in [2.24, 2.45) is 11.1 Å². The van der Waals surface area contributed by atoms with E-state index in [1.54, 1.807) is 0 Å². The molecule has 0 saturated carbocycles. The van der Waals surface area contributed by atoms with Crippen molar-refractivity contribution < 1.29 is 4.79 Å². The van der Waals surface area contributed by atoms with Crippen molar-refractivity contribution in [2.75, 3.05) is 26.2 Å². The summed E-state index contributed by atoms with van der Waals surface area (Å²) in [5, 5.41) is 3.32. The van der Waals surface area contributed by atoms with Crippen molar-refractivity contribution in [2.45, 2.75) is 45.1 Å². The number of piperidine rings is 2. The molecule has 4 heteroatoms. The number of likely N-dealkylation sites (tertiary alicyclic amines) is 1. The van der Waals surface area contributed by atoms with Gasteiger partial charge in [-0.3, -0.25) is 9.69 Å². The molecule has 0 bridgehead atoms. The fraction of sp³-hybridized carbons (Fsp3) is 0.923. The SMILES string of the molecule is CC1(C)CCN(C2(C(N)=O)CCNCC2)CC1. The lowest BCUT2D eigenvalue weighted by Crippen LogP contribution is -2.63. The number of amides is 1. The van der Waals surface area contributed by atoms with Gasteiger partial charge in [-0.05, 0) is 57.3 Å². The normalized spacial score (nSPS) is 28.8.